The van der Waals surface area contributed by atoms with E-state index in [2.05, 4.69) is 0 Å². The van der Waals surface area contributed by atoms with Crippen LogP contribution in [0.25, 0.3) is 6.08 Å². The molecule has 0 radical (unpaired) electrons. The van der Waals surface area contributed by atoms with Gasteiger partial charge in [-0.25, -0.2) is 9.69 Å². The van der Waals surface area contributed by atoms with Crippen molar-refractivity contribution in [1.82, 2.24) is 4.90 Å². The molecule has 4 nitrogen and oxygen atoms in total. The molecule has 0 unspecified atom stereocenters. The molecular weight excluding hydrogens is 278 g/mol. The Bertz CT molecular complexity index is 695. The van der Waals surface area contributed by atoms with E-state index in [1.54, 1.807) is 6.08 Å². The van der Waals surface area contributed by atoms with Gasteiger partial charge in [-0.15, -0.1) is 0 Å². The molecule has 1 fully saturated rings. The minimum atomic E-state index is -0.600. The third-order valence-electron chi connectivity index (χ3n) is 3.51. The number of cyclic esters (lactones) is 1. The van der Waals surface area contributed by atoms with Crippen LogP contribution in [0, 0.1) is 0 Å². The summed E-state index contributed by atoms with van der Waals surface area (Å²) >= 11 is 0. The Kier molecular flexibility index (Phi) is 4.01. The van der Waals surface area contributed by atoms with Crippen molar-refractivity contribution in [2.24, 2.45) is 0 Å². The molecule has 0 aliphatic carbocycles. The lowest BCUT2D eigenvalue weighted by atomic mass is 10.1. The van der Waals surface area contributed by atoms with Gasteiger partial charge >= 0.3 is 6.09 Å². The quantitative estimate of drug-likeness (QED) is 0.815. The fourth-order valence-electron chi connectivity index (χ4n) is 2.40. The van der Waals surface area contributed by atoms with Crippen molar-refractivity contribution in [3.05, 3.63) is 77.9 Å². The maximum atomic E-state index is 12.4. The van der Waals surface area contributed by atoms with E-state index in [0.717, 1.165) is 16.0 Å². The van der Waals surface area contributed by atoms with Crippen LogP contribution in [-0.2, 0) is 9.53 Å². The highest BCUT2D eigenvalue weighted by atomic mass is 16.6. The normalized spacial score (nSPS) is 17.7. The van der Waals surface area contributed by atoms with E-state index < -0.39 is 6.09 Å². The van der Waals surface area contributed by atoms with Crippen LogP contribution >= 0.6 is 0 Å². The fourth-order valence-corrected chi connectivity index (χ4v) is 2.40. The molecule has 1 saturated heterocycles. The smallest absolute Gasteiger partial charge is 0.417 e. The number of amides is 2. The molecule has 0 bridgehead atoms. The van der Waals surface area contributed by atoms with Crippen molar-refractivity contribution in [3.8, 4) is 0 Å². The van der Waals surface area contributed by atoms with E-state index >= 15 is 0 Å². The highest BCUT2D eigenvalue weighted by molar-refractivity contribution is 6.02. The molecule has 2 aromatic rings. The molecule has 3 rings (SSSR count). The zero-order chi connectivity index (χ0) is 15.4. The van der Waals surface area contributed by atoms with Crippen molar-refractivity contribution >= 4 is 18.1 Å². The van der Waals surface area contributed by atoms with Crippen LogP contribution < -0.4 is 0 Å². The maximum Gasteiger partial charge on any atom is 0.417 e. The molecule has 1 heterocycles. The summed E-state index contributed by atoms with van der Waals surface area (Å²) in [6.07, 6.45) is 2.49. The van der Waals surface area contributed by atoms with E-state index in [9.17, 15) is 9.59 Å². The van der Waals surface area contributed by atoms with Gasteiger partial charge in [-0.05, 0) is 17.2 Å². The number of hydrogen-bond acceptors (Lipinski definition) is 3. The molecule has 1 atom stereocenters. The van der Waals surface area contributed by atoms with Crippen molar-refractivity contribution in [1.29, 1.82) is 0 Å². The van der Waals surface area contributed by atoms with E-state index in [4.69, 9.17) is 4.74 Å². The zero-order valence-corrected chi connectivity index (χ0v) is 11.9. The minimum absolute atomic E-state index is 0.188. The van der Waals surface area contributed by atoms with Crippen LogP contribution in [0.2, 0.25) is 0 Å². The lowest BCUT2D eigenvalue weighted by Crippen LogP contribution is -2.32. The number of nitrogens with zero attached hydrogens (tertiary/aromatic N) is 1. The molecule has 0 saturated carbocycles. The summed E-state index contributed by atoms with van der Waals surface area (Å²) in [5.41, 5.74) is 1.79. The number of rotatable bonds is 3. The molecule has 1 aliphatic heterocycles. The Labute approximate surface area is 128 Å². The van der Waals surface area contributed by atoms with Gasteiger partial charge < -0.3 is 4.74 Å². The lowest BCUT2D eigenvalue weighted by Gasteiger charge is -2.18. The lowest BCUT2D eigenvalue weighted by molar-refractivity contribution is -0.124. The predicted molar refractivity (Wildman–Crippen MR) is 82.9 cm³/mol. The molecule has 22 heavy (non-hydrogen) atoms. The molecule has 2 aromatic carbocycles. The molecule has 110 valence electrons. The Morgan fingerprint density at radius 1 is 1.05 bits per heavy atom. The van der Waals surface area contributed by atoms with Gasteiger partial charge in [-0.2, -0.15) is 0 Å². The summed E-state index contributed by atoms with van der Waals surface area (Å²) in [5, 5.41) is 0. The molecule has 0 aromatic heterocycles. The first-order valence-electron chi connectivity index (χ1n) is 7.04. The molecule has 0 spiro atoms. The second-order valence-electron chi connectivity index (χ2n) is 4.96. The number of hydrogen-bond donors (Lipinski definition) is 0. The van der Waals surface area contributed by atoms with Crippen LogP contribution in [0.3, 0.4) is 0 Å². The molecule has 0 N–H and O–H groups in total. The number of carbonyl (C=O) groups is 2. The van der Waals surface area contributed by atoms with Gasteiger partial charge in [-0.1, -0.05) is 60.7 Å². The number of ether oxygens (including phenoxy) is 1. The van der Waals surface area contributed by atoms with Crippen LogP contribution in [0.5, 0.6) is 0 Å². The van der Waals surface area contributed by atoms with Gasteiger partial charge in [0.2, 0.25) is 0 Å². The average molecular weight is 293 g/mol. The van der Waals surface area contributed by atoms with Crippen molar-refractivity contribution in [2.75, 3.05) is 6.61 Å². The third-order valence-corrected chi connectivity index (χ3v) is 3.51. The number of imide groups is 1. The second-order valence-corrected chi connectivity index (χ2v) is 4.96. The number of carbonyl (C=O) groups excluding carboxylic acids is 2. The Hall–Kier alpha value is -2.88. The summed E-state index contributed by atoms with van der Waals surface area (Å²) in [6, 6.07) is 18.5. The molecule has 1 aliphatic rings. The standard InChI is InChI=1S/C18H15NO3/c20-17(12-11-14-7-3-1-4-8-14)19-16(13-22-18(19)21)15-9-5-2-6-10-15/h1-12,16H,13H2/b12-11+/t16-/m0/s1. The van der Waals surface area contributed by atoms with Crippen LogP contribution in [0.4, 0.5) is 4.79 Å². The highest BCUT2D eigenvalue weighted by Crippen LogP contribution is 2.27. The SMILES string of the molecule is O=C(/C=C/c1ccccc1)N1C(=O)OC[C@H]1c1ccccc1. The first-order chi connectivity index (χ1) is 10.8. The summed E-state index contributed by atoms with van der Waals surface area (Å²) in [7, 11) is 0. The van der Waals surface area contributed by atoms with Crippen LogP contribution in [0.1, 0.15) is 17.2 Å². The molecule has 2 amide bonds. The van der Waals surface area contributed by atoms with Gasteiger partial charge in [0.05, 0.1) is 0 Å². The third kappa shape index (κ3) is 2.91. The maximum absolute atomic E-state index is 12.4. The predicted octanol–water partition coefficient (Wildman–Crippen LogP) is 3.42. The van der Waals surface area contributed by atoms with E-state index in [0.29, 0.717) is 0 Å². The first kappa shape index (κ1) is 14.1. The van der Waals surface area contributed by atoms with Crippen LogP contribution in [-0.4, -0.2) is 23.5 Å². The average Bonchev–Trinajstić information content (AvgIpc) is 2.96. The summed E-state index contributed by atoms with van der Waals surface area (Å²) in [5.74, 6) is -0.375. The largest absolute Gasteiger partial charge is 0.446 e. The van der Waals surface area contributed by atoms with Crippen molar-refractivity contribution in [3.63, 3.8) is 0 Å². The van der Waals surface area contributed by atoms with E-state index in [1.165, 1.54) is 6.08 Å². The topological polar surface area (TPSA) is 46.6 Å². The zero-order valence-electron chi connectivity index (χ0n) is 11.9. The van der Waals surface area contributed by atoms with Gasteiger partial charge in [0, 0.05) is 6.08 Å². The second kappa shape index (κ2) is 6.26. The van der Waals surface area contributed by atoms with Gasteiger partial charge in [0.25, 0.3) is 5.91 Å². The van der Waals surface area contributed by atoms with Crippen molar-refractivity contribution < 1.29 is 14.3 Å². The highest BCUT2D eigenvalue weighted by Gasteiger charge is 2.37. The fraction of sp³-hybridized carbons (Fsp3) is 0.111. The van der Waals surface area contributed by atoms with E-state index in [1.807, 2.05) is 60.7 Å². The summed E-state index contributed by atoms with van der Waals surface area (Å²) in [4.78, 5) is 25.4. The van der Waals surface area contributed by atoms with Gasteiger partial charge in [-0.3, -0.25) is 4.79 Å². The van der Waals surface area contributed by atoms with Gasteiger partial charge in [0.1, 0.15) is 12.6 Å². The minimum Gasteiger partial charge on any atom is -0.446 e. The Balaban J connectivity index is 1.80. The Morgan fingerprint density at radius 2 is 1.68 bits per heavy atom. The van der Waals surface area contributed by atoms with E-state index in [-0.39, 0.29) is 18.6 Å². The summed E-state index contributed by atoms with van der Waals surface area (Å²) in [6.45, 7) is 0.188. The molecule has 4 heteroatoms. The van der Waals surface area contributed by atoms with Crippen molar-refractivity contribution in [2.45, 2.75) is 6.04 Å². The Morgan fingerprint density at radius 3 is 2.36 bits per heavy atom. The molecular formula is C18H15NO3. The number of benzene rings is 2. The van der Waals surface area contributed by atoms with Gasteiger partial charge in [0.15, 0.2) is 0 Å². The summed E-state index contributed by atoms with van der Waals surface area (Å²) < 4.78 is 5.04. The first-order valence-corrected chi connectivity index (χ1v) is 7.04. The van der Waals surface area contributed by atoms with Crippen LogP contribution in [0.15, 0.2) is 66.7 Å². The monoisotopic (exact) mass is 293 g/mol.